The van der Waals surface area contributed by atoms with E-state index >= 15 is 0 Å². The van der Waals surface area contributed by atoms with Crippen LogP contribution in [0.3, 0.4) is 0 Å². The molecule has 8 nitrogen and oxygen atoms in total. The molecule has 0 bridgehead atoms. The predicted molar refractivity (Wildman–Crippen MR) is 87.0 cm³/mol. The zero-order valence-corrected chi connectivity index (χ0v) is 14.1. The third-order valence-corrected chi connectivity index (χ3v) is 4.26. The van der Waals surface area contributed by atoms with Crippen LogP contribution in [0.15, 0.2) is 35.8 Å². The van der Waals surface area contributed by atoms with Crippen LogP contribution in [0, 0.1) is 5.82 Å². The van der Waals surface area contributed by atoms with Gasteiger partial charge in [0.25, 0.3) is 5.91 Å². The molecule has 2 heterocycles. The molecule has 0 saturated heterocycles. The van der Waals surface area contributed by atoms with Crippen molar-refractivity contribution in [2.24, 2.45) is 4.99 Å². The number of nitrogens with zero attached hydrogens (tertiary/aromatic N) is 5. The Morgan fingerprint density at radius 3 is 2.92 bits per heavy atom. The van der Waals surface area contributed by atoms with Gasteiger partial charge in [0.05, 0.1) is 16.8 Å². The first-order valence-corrected chi connectivity index (χ1v) is 8.23. The predicted octanol–water partition coefficient (Wildman–Crippen LogP) is 1.12. The number of esters is 1. The SMILES string of the molecule is CCOC(=O)Cn1c(=NC(=O)Cn2cncn2)sc2cc(F)ccc21. The van der Waals surface area contributed by atoms with Gasteiger partial charge in [0.2, 0.25) is 0 Å². The number of halogens is 1. The molecule has 1 amide bonds. The maximum absolute atomic E-state index is 13.5. The molecular weight excluding hydrogens is 349 g/mol. The number of benzene rings is 1. The number of aromatic nitrogens is 4. The zero-order valence-electron chi connectivity index (χ0n) is 13.3. The molecule has 10 heteroatoms. The summed E-state index contributed by atoms with van der Waals surface area (Å²) in [5, 5.41) is 3.84. The van der Waals surface area contributed by atoms with Crippen LogP contribution in [0.5, 0.6) is 0 Å². The topological polar surface area (TPSA) is 91.4 Å². The lowest BCUT2D eigenvalue weighted by atomic mass is 10.3. The van der Waals surface area contributed by atoms with E-state index in [0.29, 0.717) is 15.0 Å². The van der Waals surface area contributed by atoms with Crippen LogP contribution in [-0.2, 0) is 27.4 Å². The molecule has 0 fully saturated rings. The molecule has 0 aliphatic carbocycles. The van der Waals surface area contributed by atoms with E-state index in [0.717, 1.165) is 11.3 Å². The first-order valence-electron chi connectivity index (χ1n) is 7.41. The van der Waals surface area contributed by atoms with Crippen LogP contribution in [-0.4, -0.2) is 37.8 Å². The Bertz CT molecular complexity index is 977. The van der Waals surface area contributed by atoms with Crippen LogP contribution >= 0.6 is 11.3 Å². The standard InChI is InChI=1S/C15H14FN5O3S/c1-2-24-14(23)7-21-11-4-3-10(16)5-12(11)25-15(21)19-13(22)6-20-9-17-8-18-20/h3-5,8-9H,2,6-7H2,1H3. The highest BCUT2D eigenvalue weighted by atomic mass is 32.1. The Labute approximate surface area is 145 Å². The summed E-state index contributed by atoms with van der Waals surface area (Å²) in [6.07, 6.45) is 2.72. The maximum Gasteiger partial charge on any atom is 0.326 e. The molecule has 3 rings (SSSR count). The molecule has 2 aromatic heterocycles. The van der Waals surface area contributed by atoms with Crippen LogP contribution in [0.2, 0.25) is 0 Å². The molecule has 0 aliphatic heterocycles. The van der Waals surface area contributed by atoms with Gasteiger partial charge in [0, 0.05) is 0 Å². The number of carbonyl (C=O) groups is 2. The summed E-state index contributed by atoms with van der Waals surface area (Å²) in [6, 6.07) is 4.17. The molecule has 130 valence electrons. The fourth-order valence-electron chi connectivity index (χ4n) is 2.22. The van der Waals surface area contributed by atoms with Gasteiger partial charge in [0.1, 0.15) is 31.6 Å². The highest BCUT2D eigenvalue weighted by Gasteiger charge is 2.13. The second-order valence-corrected chi connectivity index (χ2v) is 6.00. The van der Waals surface area contributed by atoms with Crippen LogP contribution in [0.4, 0.5) is 4.39 Å². The fraction of sp³-hybridized carbons (Fsp3) is 0.267. The first-order chi connectivity index (χ1) is 12.1. The van der Waals surface area contributed by atoms with Gasteiger partial charge in [0.15, 0.2) is 4.80 Å². The Balaban J connectivity index is 2.01. The highest BCUT2D eigenvalue weighted by Crippen LogP contribution is 2.18. The monoisotopic (exact) mass is 363 g/mol. The van der Waals surface area contributed by atoms with E-state index in [1.807, 2.05) is 0 Å². The number of hydrogen-bond donors (Lipinski definition) is 0. The molecule has 0 unspecified atom stereocenters. The van der Waals surface area contributed by atoms with Crippen molar-refractivity contribution in [3.8, 4) is 0 Å². The lowest BCUT2D eigenvalue weighted by Gasteiger charge is -2.05. The normalized spacial score (nSPS) is 11.8. The third-order valence-electron chi connectivity index (χ3n) is 3.22. The van der Waals surface area contributed by atoms with Gasteiger partial charge in [-0.05, 0) is 25.1 Å². The molecule has 0 radical (unpaired) electrons. The summed E-state index contributed by atoms with van der Waals surface area (Å²) in [6.45, 7) is 1.75. The van der Waals surface area contributed by atoms with Crippen LogP contribution in [0.1, 0.15) is 6.92 Å². The van der Waals surface area contributed by atoms with Crippen molar-refractivity contribution in [3.05, 3.63) is 41.5 Å². The minimum atomic E-state index is -0.463. The summed E-state index contributed by atoms with van der Waals surface area (Å²) >= 11 is 1.12. The zero-order chi connectivity index (χ0) is 17.8. The molecule has 0 saturated carbocycles. The number of hydrogen-bond acceptors (Lipinski definition) is 6. The number of rotatable bonds is 5. The number of amides is 1. The summed E-state index contributed by atoms with van der Waals surface area (Å²) in [4.78, 5) is 32.1. The Kier molecular flexibility index (Phi) is 4.98. The minimum Gasteiger partial charge on any atom is -0.465 e. The van der Waals surface area contributed by atoms with Crippen LogP contribution in [0.25, 0.3) is 10.2 Å². The molecule has 0 atom stereocenters. The Morgan fingerprint density at radius 2 is 2.20 bits per heavy atom. The van der Waals surface area contributed by atoms with Gasteiger partial charge in [-0.2, -0.15) is 10.1 Å². The number of fused-ring (bicyclic) bond motifs is 1. The first kappa shape index (κ1) is 17.0. The van der Waals surface area contributed by atoms with Crippen molar-refractivity contribution in [1.82, 2.24) is 19.3 Å². The van der Waals surface area contributed by atoms with Gasteiger partial charge in [-0.15, -0.1) is 0 Å². The largest absolute Gasteiger partial charge is 0.465 e. The van der Waals surface area contributed by atoms with Crippen molar-refractivity contribution in [2.45, 2.75) is 20.0 Å². The summed E-state index contributed by atoms with van der Waals surface area (Å²) in [5.74, 6) is -1.33. The Morgan fingerprint density at radius 1 is 1.36 bits per heavy atom. The smallest absolute Gasteiger partial charge is 0.326 e. The summed E-state index contributed by atoms with van der Waals surface area (Å²) in [5.41, 5.74) is 0.603. The minimum absolute atomic E-state index is 0.0813. The average Bonchev–Trinajstić information content (AvgIpc) is 3.16. The second-order valence-electron chi connectivity index (χ2n) is 4.99. The number of thiazole rings is 1. The van der Waals surface area contributed by atoms with Crippen molar-refractivity contribution >= 4 is 33.4 Å². The molecule has 25 heavy (non-hydrogen) atoms. The number of ether oxygens (including phenoxy) is 1. The van der Waals surface area contributed by atoms with Crippen molar-refractivity contribution < 1.29 is 18.7 Å². The number of carbonyl (C=O) groups excluding carboxylic acids is 2. The molecular formula is C15H14FN5O3S. The van der Waals surface area contributed by atoms with Gasteiger partial charge in [-0.3, -0.25) is 9.59 Å². The highest BCUT2D eigenvalue weighted by molar-refractivity contribution is 7.16. The van der Waals surface area contributed by atoms with E-state index < -0.39 is 17.7 Å². The molecule has 0 spiro atoms. The van der Waals surface area contributed by atoms with E-state index in [-0.39, 0.29) is 19.7 Å². The molecule has 3 aromatic rings. The third kappa shape index (κ3) is 3.97. The van der Waals surface area contributed by atoms with E-state index in [1.54, 1.807) is 13.0 Å². The maximum atomic E-state index is 13.5. The van der Waals surface area contributed by atoms with E-state index in [4.69, 9.17) is 4.74 Å². The van der Waals surface area contributed by atoms with Crippen molar-refractivity contribution in [1.29, 1.82) is 0 Å². The van der Waals surface area contributed by atoms with E-state index in [9.17, 15) is 14.0 Å². The lowest BCUT2D eigenvalue weighted by Crippen LogP contribution is -2.23. The van der Waals surface area contributed by atoms with Gasteiger partial charge < -0.3 is 9.30 Å². The van der Waals surface area contributed by atoms with Crippen molar-refractivity contribution in [3.63, 3.8) is 0 Å². The van der Waals surface area contributed by atoms with Crippen molar-refractivity contribution in [2.75, 3.05) is 6.61 Å². The summed E-state index contributed by atoms with van der Waals surface area (Å²) in [7, 11) is 0. The Hall–Kier alpha value is -2.88. The van der Waals surface area contributed by atoms with E-state index in [1.165, 1.54) is 34.0 Å². The summed E-state index contributed by atoms with van der Waals surface area (Å²) < 4.78 is 21.9. The van der Waals surface area contributed by atoms with Crippen LogP contribution < -0.4 is 4.80 Å². The molecule has 0 N–H and O–H groups in total. The molecule has 0 aliphatic rings. The van der Waals surface area contributed by atoms with Gasteiger partial charge in [-0.1, -0.05) is 11.3 Å². The van der Waals surface area contributed by atoms with Gasteiger partial charge in [-0.25, -0.2) is 14.1 Å². The second kappa shape index (κ2) is 7.34. The average molecular weight is 363 g/mol. The van der Waals surface area contributed by atoms with Gasteiger partial charge >= 0.3 is 5.97 Å². The lowest BCUT2D eigenvalue weighted by molar-refractivity contribution is -0.143. The fourth-order valence-corrected chi connectivity index (χ4v) is 3.29. The quantitative estimate of drug-likeness (QED) is 0.634. The molecule has 1 aromatic carbocycles. The van der Waals surface area contributed by atoms with E-state index in [2.05, 4.69) is 15.1 Å².